The van der Waals surface area contributed by atoms with E-state index in [0.29, 0.717) is 18.1 Å². The molecule has 0 atom stereocenters. The van der Waals surface area contributed by atoms with Crippen LogP contribution in [0.3, 0.4) is 0 Å². The molecule has 24 heavy (non-hydrogen) atoms. The first kappa shape index (κ1) is 16.1. The number of nitrogens with zero attached hydrogens (tertiary/aromatic N) is 3. The van der Waals surface area contributed by atoms with Crippen molar-refractivity contribution in [1.29, 1.82) is 0 Å². The zero-order valence-electron chi connectivity index (χ0n) is 13.5. The average molecular weight is 344 g/mol. The van der Waals surface area contributed by atoms with Crippen molar-refractivity contribution < 1.29 is 9.32 Å². The normalized spacial score (nSPS) is 10.8. The van der Waals surface area contributed by atoms with E-state index in [-0.39, 0.29) is 5.56 Å². The van der Waals surface area contributed by atoms with Crippen LogP contribution in [0.1, 0.15) is 27.4 Å². The second kappa shape index (κ2) is 6.40. The molecule has 3 aromatic rings. The van der Waals surface area contributed by atoms with Gasteiger partial charge in [-0.2, -0.15) is 0 Å². The number of aryl methyl sites for hydroxylation is 2. The number of hydrogen-bond donors (Lipinski definition) is 1. The minimum absolute atomic E-state index is 0.00423. The fraction of sp³-hybridized carbons (Fsp3) is 0.250. The highest BCUT2D eigenvalue weighted by Gasteiger charge is 2.20. The Morgan fingerprint density at radius 3 is 2.79 bits per heavy atom. The van der Waals surface area contributed by atoms with Crippen LogP contribution in [0.5, 0.6) is 0 Å². The van der Waals surface area contributed by atoms with Gasteiger partial charge in [-0.05, 0) is 25.3 Å². The van der Waals surface area contributed by atoms with Gasteiger partial charge in [0.05, 0.1) is 17.1 Å². The second-order valence-electron chi connectivity index (χ2n) is 5.42. The number of carbonyl (C=O) groups is 1. The SMILES string of the molecule is Cc1noc(C)c1CN(C)C(=O)c1cnc(-c2cccs2)[nH]c1=O. The van der Waals surface area contributed by atoms with E-state index in [1.807, 2.05) is 24.4 Å². The van der Waals surface area contributed by atoms with Crippen LogP contribution in [0.15, 0.2) is 33.0 Å². The van der Waals surface area contributed by atoms with Gasteiger partial charge in [0.2, 0.25) is 0 Å². The summed E-state index contributed by atoms with van der Waals surface area (Å²) in [6.07, 6.45) is 1.32. The van der Waals surface area contributed by atoms with Gasteiger partial charge in [0.25, 0.3) is 11.5 Å². The molecule has 7 nitrogen and oxygen atoms in total. The highest BCUT2D eigenvalue weighted by atomic mass is 32.1. The minimum Gasteiger partial charge on any atom is -0.361 e. The fourth-order valence-electron chi connectivity index (χ4n) is 2.33. The van der Waals surface area contributed by atoms with Crippen LogP contribution < -0.4 is 5.56 Å². The van der Waals surface area contributed by atoms with Gasteiger partial charge in [-0.25, -0.2) is 4.98 Å². The van der Waals surface area contributed by atoms with Gasteiger partial charge in [0.1, 0.15) is 17.1 Å². The Bertz CT molecular complexity index is 908. The topological polar surface area (TPSA) is 92.1 Å². The summed E-state index contributed by atoms with van der Waals surface area (Å²) in [4.78, 5) is 33.9. The summed E-state index contributed by atoms with van der Waals surface area (Å²) in [5.74, 6) is 0.716. The third kappa shape index (κ3) is 3.00. The molecule has 124 valence electrons. The van der Waals surface area contributed by atoms with Crippen molar-refractivity contribution in [3.63, 3.8) is 0 Å². The number of hydrogen-bond acceptors (Lipinski definition) is 6. The van der Waals surface area contributed by atoms with Crippen molar-refractivity contribution >= 4 is 17.2 Å². The standard InChI is InChI=1S/C16H16N4O3S/c1-9-12(10(2)23-19-9)8-20(3)16(22)11-7-17-14(18-15(11)21)13-5-4-6-24-13/h4-7H,8H2,1-3H3,(H,17,18,21). The molecule has 8 heteroatoms. The van der Waals surface area contributed by atoms with Gasteiger partial charge in [-0.1, -0.05) is 11.2 Å². The third-order valence-electron chi connectivity index (χ3n) is 3.71. The summed E-state index contributed by atoms with van der Waals surface area (Å²) in [5.41, 5.74) is 1.12. The zero-order chi connectivity index (χ0) is 17.3. The maximum absolute atomic E-state index is 12.5. The summed E-state index contributed by atoms with van der Waals surface area (Å²) in [5, 5.41) is 5.76. The molecule has 0 fully saturated rings. The molecule has 0 aliphatic rings. The van der Waals surface area contributed by atoms with Crippen LogP contribution >= 0.6 is 11.3 Å². The van der Waals surface area contributed by atoms with E-state index in [9.17, 15) is 9.59 Å². The molecule has 0 saturated carbocycles. The zero-order valence-corrected chi connectivity index (χ0v) is 14.3. The summed E-state index contributed by atoms with van der Waals surface area (Å²) in [6, 6.07) is 3.73. The van der Waals surface area contributed by atoms with Crippen LogP contribution in [0.2, 0.25) is 0 Å². The second-order valence-corrected chi connectivity index (χ2v) is 6.36. The maximum Gasteiger partial charge on any atom is 0.264 e. The number of carbonyl (C=O) groups excluding carboxylic acids is 1. The van der Waals surface area contributed by atoms with Gasteiger partial charge >= 0.3 is 0 Å². The van der Waals surface area contributed by atoms with Crippen LogP contribution in [-0.2, 0) is 6.54 Å². The Hall–Kier alpha value is -2.74. The summed E-state index contributed by atoms with van der Waals surface area (Å²) in [6.45, 7) is 3.91. The largest absolute Gasteiger partial charge is 0.361 e. The number of aromatic amines is 1. The Labute approximate surface area is 141 Å². The summed E-state index contributed by atoms with van der Waals surface area (Å²) >= 11 is 1.47. The van der Waals surface area contributed by atoms with E-state index in [1.54, 1.807) is 14.0 Å². The summed E-state index contributed by atoms with van der Waals surface area (Å²) in [7, 11) is 1.63. The first-order valence-corrected chi connectivity index (χ1v) is 8.15. The van der Waals surface area contributed by atoms with Gasteiger partial charge in [-0.3, -0.25) is 9.59 Å². The molecular weight excluding hydrogens is 328 g/mol. The first-order chi connectivity index (χ1) is 11.5. The van der Waals surface area contributed by atoms with E-state index in [4.69, 9.17) is 4.52 Å². The Morgan fingerprint density at radius 2 is 2.21 bits per heavy atom. The molecule has 0 spiro atoms. The Morgan fingerprint density at radius 1 is 1.42 bits per heavy atom. The molecule has 0 aromatic carbocycles. The molecule has 1 N–H and O–H groups in total. The lowest BCUT2D eigenvalue weighted by atomic mass is 10.2. The lowest BCUT2D eigenvalue weighted by molar-refractivity contribution is 0.0782. The molecule has 0 bridgehead atoms. The lowest BCUT2D eigenvalue weighted by Gasteiger charge is -2.16. The molecule has 1 amide bonds. The minimum atomic E-state index is -0.455. The molecule has 0 aliphatic carbocycles. The first-order valence-electron chi connectivity index (χ1n) is 7.27. The quantitative estimate of drug-likeness (QED) is 0.784. The van der Waals surface area contributed by atoms with Crippen molar-refractivity contribution in [2.45, 2.75) is 20.4 Å². The predicted octanol–water partition coefficient (Wildman–Crippen LogP) is 2.38. The van der Waals surface area contributed by atoms with Gasteiger partial charge in [0, 0.05) is 18.8 Å². The van der Waals surface area contributed by atoms with Gasteiger partial charge in [0.15, 0.2) is 0 Å². The van der Waals surface area contributed by atoms with E-state index in [2.05, 4.69) is 15.1 Å². The molecule has 3 heterocycles. The molecule has 3 aromatic heterocycles. The smallest absolute Gasteiger partial charge is 0.264 e. The fourth-order valence-corrected chi connectivity index (χ4v) is 3.00. The maximum atomic E-state index is 12.5. The number of amides is 1. The molecule has 0 saturated heterocycles. The van der Waals surface area contributed by atoms with Crippen LogP contribution in [0, 0.1) is 13.8 Å². The predicted molar refractivity (Wildman–Crippen MR) is 89.9 cm³/mol. The van der Waals surface area contributed by atoms with Crippen molar-refractivity contribution in [2.75, 3.05) is 7.05 Å². The Balaban J connectivity index is 1.83. The van der Waals surface area contributed by atoms with Gasteiger partial charge in [-0.15, -0.1) is 11.3 Å². The van der Waals surface area contributed by atoms with Crippen molar-refractivity contribution in [3.8, 4) is 10.7 Å². The summed E-state index contributed by atoms with van der Waals surface area (Å²) < 4.78 is 5.10. The monoisotopic (exact) mass is 344 g/mol. The van der Waals surface area contributed by atoms with E-state index >= 15 is 0 Å². The van der Waals surface area contributed by atoms with Gasteiger partial charge < -0.3 is 14.4 Å². The van der Waals surface area contributed by atoms with Crippen molar-refractivity contribution in [2.24, 2.45) is 0 Å². The van der Waals surface area contributed by atoms with Crippen molar-refractivity contribution in [3.05, 3.63) is 56.6 Å². The molecule has 0 radical (unpaired) electrons. The number of H-pyrrole nitrogens is 1. The lowest BCUT2D eigenvalue weighted by Crippen LogP contribution is -2.32. The van der Waals surface area contributed by atoms with Crippen LogP contribution in [0.25, 0.3) is 10.7 Å². The average Bonchev–Trinajstić information content (AvgIpc) is 3.20. The molecular formula is C16H16N4O3S. The highest BCUT2D eigenvalue weighted by Crippen LogP contribution is 2.19. The van der Waals surface area contributed by atoms with E-state index < -0.39 is 11.5 Å². The number of nitrogens with one attached hydrogen (secondary N) is 1. The van der Waals surface area contributed by atoms with Crippen LogP contribution in [-0.4, -0.2) is 33.0 Å². The number of aromatic nitrogens is 3. The molecule has 3 rings (SSSR count). The third-order valence-corrected chi connectivity index (χ3v) is 4.58. The Kier molecular flexibility index (Phi) is 4.30. The van der Waals surface area contributed by atoms with E-state index in [1.165, 1.54) is 22.4 Å². The molecule has 0 aliphatic heterocycles. The van der Waals surface area contributed by atoms with E-state index in [0.717, 1.165) is 16.1 Å². The number of rotatable bonds is 4. The molecule has 0 unspecified atom stereocenters. The highest BCUT2D eigenvalue weighted by molar-refractivity contribution is 7.13. The number of thiophene rings is 1. The van der Waals surface area contributed by atoms with Crippen LogP contribution in [0.4, 0.5) is 0 Å². The van der Waals surface area contributed by atoms with Crippen molar-refractivity contribution in [1.82, 2.24) is 20.0 Å².